The first-order chi connectivity index (χ1) is 7.88. The highest BCUT2D eigenvalue weighted by Gasteiger charge is 2.38. The second kappa shape index (κ2) is 4.23. The molecule has 1 aliphatic rings. The quantitative estimate of drug-likeness (QED) is 0.754. The highest BCUT2D eigenvalue weighted by molar-refractivity contribution is 8.14. The van der Waals surface area contributed by atoms with Crippen LogP contribution in [0.15, 0.2) is 18.5 Å². The Bertz CT molecular complexity index is 563. The number of carbonyl (C=O) groups excluding carboxylic acids is 1. The third-order valence-electron chi connectivity index (χ3n) is 2.49. The van der Waals surface area contributed by atoms with Crippen LogP contribution in [-0.4, -0.2) is 31.1 Å². The zero-order valence-electron chi connectivity index (χ0n) is 8.51. The van der Waals surface area contributed by atoms with Gasteiger partial charge in [-0.25, -0.2) is 12.8 Å². The molecule has 0 aliphatic carbocycles. The fraction of sp³-hybridized carbons (Fsp3) is 0.333. The SMILES string of the molecule is O=C1CC(S(=O)(=O)Cl)CN1c1cncc(F)c1. The Kier molecular flexibility index (Phi) is 3.05. The van der Waals surface area contributed by atoms with Gasteiger partial charge in [0.2, 0.25) is 15.0 Å². The lowest BCUT2D eigenvalue weighted by atomic mass is 10.4. The van der Waals surface area contributed by atoms with Crippen molar-refractivity contribution in [1.29, 1.82) is 0 Å². The molecule has 8 heteroatoms. The van der Waals surface area contributed by atoms with E-state index in [-0.39, 0.29) is 18.7 Å². The normalized spacial score (nSPS) is 20.9. The van der Waals surface area contributed by atoms with Gasteiger partial charge in [-0.2, -0.15) is 0 Å². The lowest BCUT2D eigenvalue weighted by Crippen LogP contribution is -2.26. The summed E-state index contributed by atoms with van der Waals surface area (Å²) in [6.07, 6.45) is 2.10. The minimum atomic E-state index is -3.79. The standard InChI is InChI=1S/C9H8ClFN2O3S/c10-17(15,16)8-2-9(14)13(5-8)7-1-6(11)3-12-4-7/h1,3-4,8H,2,5H2. The number of hydrogen-bond acceptors (Lipinski definition) is 4. The fourth-order valence-electron chi connectivity index (χ4n) is 1.66. The van der Waals surface area contributed by atoms with Crippen molar-refractivity contribution in [3.05, 3.63) is 24.3 Å². The van der Waals surface area contributed by atoms with Gasteiger partial charge in [0.25, 0.3) is 0 Å². The highest BCUT2D eigenvalue weighted by Crippen LogP contribution is 2.26. The molecule has 1 atom stereocenters. The molecule has 2 rings (SSSR count). The number of rotatable bonds is 2. The summed E-state index contributed by atoms with van der Waals surface area (Å²) >= 11 is 0. The van der Waals surface area contributed by atoms with Gasteiger partial charge in [0.1, 0.15) is 11.1 Å². The molecule has 0 N–H and O–H groups in total. The number of nitrogens with zero attached hydrogens (tertiary/aromatic N) is 2. The van der Waals surface area contributed by atoms with E-state index in [0.717, 1.165) is 12.3 Å². The van der Waals surface area contributed by atoms with E-state index in [0.29, 0.717) is 0 Å². The highest BCUT2D eigenvalue weighted by atomic mass is 35.7. The van der Waals surface area contributed by atoms with Crippen LogP contribution in [0.1, 0.15) is 6.42 Å². The van der Waals surface area contributed by atoms with Crippen molar-refractivity contribution in [2.24, 2.45) is 0 Å². The maximum atomic E-state index is 12.9. The van der Waals surface area contributed by atoms with Gasteiger partial charge < -0.3 is 4.90 Å². The monoisotopic (exact) mass is 278 g/mol. The van der Waals surface area contributed by atoms with E-state index in [9.17, 15) is 17.6 Å². The van der Waals surface area contributed by atoms with Crippen LogP contribution in [0.3, 0.4) is 0 Å². The number of anilines is 1. The van der Waals surface area contributed by atoms with Crippen molar-refractivity contribution in [2.45, 2.75) is 11.7 Å². The maximum absolute atomic E-state index is 12.9. The van der Waals surface area contributed by atoms with Gasteiger partial charge in [0, 0.05) is 29.7 Å². The zero-order valence-corrected chi connectivity index (χ0v) is 10.1. The van der Waals surface area contributed by atoms with Crippen LogP contribution < -0.4 is 4.90 Å². The largest absolute Gasteiger partial charge is 0.309 e. The van der Waals surface area contributed by atoms with Gasteiger partial charge in [-0.15, -0.1) is 0 Å². The summed E-state index contributed by atoms with van der Waals surface area (Å²) in [6.45, 7) is -0.0736. The van der Waals surface area contributed by atoms with E-state index < -0.39 is 26.0 Å². The number of hydrogen-bond donors (Lipinski definition) is 0. The van der Waals surface area contributed by atoms with E-state index in [2.05, 4.69) is 4.98 Å². The topological polar surface area (TPSA) is 67.3 Å². The summed E-state index contributed by atoms with van der Waals surface area (Å²) in [5, 5.41) is -0.958. The van der Waals surface area contributed by atoms with Gasteiger partial charge in [-0.05, 0) is 0 Å². The number of halogens is 2. The van der Waals surface area contributed by atoms with Gasteiger partial charge in [-0.3, -0.25) is 9.78 Å². The van der Waals surface area contributed by atoms with E-state index in [1.54, 1.807) is 0 Å². The summed E-state index contributed by atoms with van der Waals surface area (Å²) in [5.41, 5.74) is 0.234. The molecule has 1 aromatic rings. The first-order valence-electron chi connectivity index (χ1n) is 4.72. The third kappa shape index (κ3) is 2.55. The van der Waals surface area contributed by atoms with Crippen molar-refractivity contribution in [1.82, 2.24) is 4.98 Å². The maximum Gasteiger partial charge on any atom is 0.237 e. The number of pyridine rings is 1. The molecule has 1 unspecified atom stereocenters. The smallest absolute Gasteiger partial charge is 0.237 e. The molecular formula is C9H8ClFN2O3S. The van der Waals surface area contributed by atoms with Gasteiger partial charge >= 0.3 is 0 Å². The number of aromatic nitrogens is 1. The predicted molar refractivity (Wildman–Crippen MR) is 59.7 cm³/mol. The molecule has 5 nitrogen and oxygen atoms in total. The Morgan fingerprint density at radius 2 is 2.18 bits per heavy atom. The Hall–Kier alpha value is -1.21. The molecule has 2 heterocycles. The lowest BCUT2D eigenvalue weighted by molar-refractivity contribution is -0.117. The number of amides is 1. The Labute approximate surface area is 102 Å². The van der Waals surface area contributed by atoms with Crippen LogP contribution >= 0.6 is 10.7 Å². The lowest BCUT2D eigenvalue weighted by Gasteiger charge is -2.15. The summed E-state index contributed by atoms with van der Waals surface area (Å²) in [6, 6.07) is 1.12. The first-order valence-corrected chi connectivity index (χ1v) is 7.09. The fourth-order valence-corrected chi connectivity index (χ4v) is 2.69. The Morgan fingerprint density at radius 1 is 1.47 bits per heavy atom. The molecule has 1 amide bonds. The molecule has 0 aromatic carbocycles. The van der Waals surface area contributed by atoms with E-state index in [1.807, 2.05) is 0 Å². The van der Waals surface area contributed by atoms with Gasteiger partial charge in [0.05, 0.1) is 18.1 Å². The average Bonchev–Trinajstić information content (AvgIpc) is 2.60. The number of carbonyl (C=O) groups is 1. The third-order valence-corrected chi connectivity index (χ3v) is 4.36. The molecule has 1 aliphatic heterocycles. The van der Waals surface area contributed by atoms with Crippen molar-refractivity contribution in [2.75, 3.05) is 11.4 Å². The molecule has 1 fully saturated rings. The summed E-state index contributed by atoms with van der Waals surface area (Å²) in [7, 11) is 1.40. The van der Waals surface area contributed by atoms with Crippen LogP contribution in [-0.2, 0) is 13.8 Å². The van der Waals surface area contributed by atoms with Crippen molar-refractivity contribution < 1.29 is 17.6 Å². The molecule has 0 radical (unpaired) electrons. The zero-order chi connectivity index (χ0) is 12.6. The van der Waals surface area contributed by atoms with Gasteiger partial charge in [-0.1, -0.05) is 0 Å². The molecule has 1 aromatic heterocycles. The molecular weight excluding hydrogens is 271 g/mol. The van der Waals surface area contributed by atoms with E-state index in [4.69, 9.17) is 10.7 Å². The molecule has 1 saturated heterocycles. The second-order valence-electron chi connectivity index (χ2n) is 3.67. The van der Waals surface area contributed by atoms with Crippen molar-refractivity contribution >= 4 is 31.3 Å². The Morgan fingerprint density at radius 3 is 2.71 bits per heavy atom. The van der Waals surface area contributed by atoms with Crippen LogP contribution in [0.5, 0.6) is 0 Å². The molecule has 0 spiro atoms. The van der Waals surface area contributed by atoms with Crippen molar-refractivity contribution in [3.63, 3.8) is 0 Å². The molecule has 0 saturated carbocycles. The summed E-state index contributed by atoms with van der Waals surface area (Å²) in [4.78, 5) is 16.4. The summed E-state index contributed by atoms with van der Waals surface area (Å²) in [5.74, 6) is -1.00. The minimum Gasteiger partial charge on any atom is -0.309 e. The van der Waals surface area contributed by atoms with Crippen molar-refractivity contribution in [3.8, 4) is 0 Å². The molecule has 92 valence electrons. The van der Waals surface area contributed by atoms with Gasteiger partial charge in [0.15, 0.2) is 0 Å². The van der Waals surface area contributed by atoms with E-state index in [1.165, 1.54) is 11.1 Å². The summed E-state index contributed by atoms with van der Waals surface area (Å²) < 4.78 is 35.2. The predicted octanol–water partition coefficient (Wildman–Crippen LogP) is 0.895. The minimum absolute atomic E-state index is 0.0736. The van der Waals surface area contributed by atoms with Crippen LogP contribution in [0.25, 0.3) is 0 Å². The second-order valence-corrected chi connectivity index (χ2v) is 6.58. The van der Waals surface area contributed by atoms with Crippen LogP contribution in [0, 0.1) is 5.82 Å². The molecule has 17 heavy (non-hydrogen) atoms. The van der Waals surface area contributed by atoms with Crippen LogP contribution in [0.2, 0.25) is 0 Å². The average molecular weight is 279 g/mol. The molecule has 0 bridgehead atoms. The Balaban J connectivity index is 2.28. The van der Waals surface area contributed by atoms with E-state index >= 15 is 0 Å². The van der Waals surface area contributed by atoms with Crippen LogP contribution in [0.4, 0.5) is 10.1 Å². The first kappa shape index (κ1) is 12.3.